The van der Waals surface area contributed by atoms with Gasteiger partial charge in [-0.1, -0.05) is 6.07 Å². The smallest absolute Gasteiger partial charge is 0.303 e. The van der Waals surface area contributed by atoms with Gasteiger partial charge in [-0.05, 0) is 37.3 Å². The second kappa shape index (κ2) is 5.95. The van der Waals surface area contributed by atoms with E-state index in [2.05, 4.69) is 0 Å². The van der Waals surface area contributed by atoms with Gasteiger partial charge in [-0.15, -0.1) is 0 Å². The largest absolute Gasteiger partial charge is 0.497 e. The molecule has 0 heterocycles. The normalized spacial score (nSPS) is 15.9. The molecule has 0 radical (unpaired) electrons. The van der Waals surface area contributed by atoms with Crippen LogP contribution in [0.1, 0.15) is 37.7 Å². The fraction of sp³-hybridized carbons (Fsp3) is 0.533. The highest BCUT2D eigenvalue weighted by Gasteiger charge is 2.35. The number of methoxy groups -OCH3 is 1. The highest BCUT2D eigenvalue weighted by Crippen LogP contribution is 2.47. The molecule has 4 heteroatoms. The van der Waals surface area contributed by atoms with Crippen LogP contribution in [0.2, 0.25) is 0 Å². The number of hydrogen-bond donors (Lipinski definition) is 1. The van der Waals surface area contributed by atoms with Gasteiger partial charge in [0.1, 0.15) is 11.5 Å². The van der Waals surface area contributed by atoms with Gasteiger partial charge in [0.05, 0.1) is 20.1 Å². The summed E-state index contributed by atoms with van der Waals surface area (Å²) in [4.78, 5) is 11.0. The third kappa shape index (κ3) is 3.40. The highest BCUT2D eigenvalue weighted by atomic mass is 16.5. The molecule has 0 amide bonds. The molecule has 1 unspecified atom stereocenters. The van der Waals surface area contributed by atoms with Crippen LogP contribution in [0.4, 0.5) is 0 Å². The average Bonchev–Trinajstić information content (AvgIpc) is 3.20. The average molecular weight is 264 g/mol. The minimum absolute atomic E-state index is 0.0463. The Morgan fingerprint density at radius 1 is 1.47 bits per heavy atom. The number of benzene rings is 1. The molecular formula is C15H20O4. The second-order valence-corrected chi connectivity index (χ2v) is 4.88. The third-order valence-corrected chi connectivity index (χ3v) is 3.51. The van der Waals surface area contributed by atoms with E-state index in [-0.39, 0.29) is 12.3 Å². The van der Waals surface area contributed by atoms with E-state index in [0.717, 1.165) is 29.9 Å². The quantitative estimate of drug-likeness (QED) is 0.822. The topological polar surface area (TPSA) is 55.8 Å². The molecule has 104 valence electrons. The summed E-state index contributed by atoms with van der Waals surface area (Å²) >= 11 is 0. The monoisotopic (exact) mass is 264 g/mol. The van der Waals surface area contributed by atoms with Crippen molar-refractivity contribution >= 4 is 5.97 Å². The van der Waals surface area contributed by atoms with Crippen molar-refractivity contribution in [2.75, 3.05) is 13.7 Å². The second-order valence-electron chi connectivity index (χ2n) is 4.88. The summed E-state index contributed by atoms with van der Waals surface area (Å²) in [5.41, 5.74) is 0.993. The molecule has 0 aromatic heterocycles. The van der Waals surface area contributed by atoms with Crippen molar-refractivity contribution in [2.24, 2.45) is 5.92 Å². The Kier molecular flexibility index (Phi) is 4.30. The van der Waals surface area contributed by atoms with Gasteiger partial charge < -0.3 is 14.6 Å². The number of carboxylic acid groups (broad SMARTS) is 1. The van der Waals surface area contributed by atoms with Crippen LogP contribution in [0, 0.1) is 5.92 Å². The lowest BCUT2D eigenvalue weighted by Crippen LogP contribution is -2.10. The van der Waals surface area contributed by atoms with Crippen molar-refractivity contribution in [1.29, 1.82) is 0 Å². The molecule has 1 atom stereocenters. The fourth-order valence-electron chi connectivity index (χ4n) is 2.45. The van der Waals surface area contributed by atoms with E-state index in [1.165, 1.54) is 0 Å². The van der Waals surface area contributed by atoms with Crippen LogP contribution in [0.15, 0.2) is 18.2 Å². The maximum atomic E-state index is 11.0. The first kappa shape index (κ1) is 13.7. The minimum Gasteiger partial charge on any atom is -0.497 e. The first-order valence-electron chi connectivity index (χ1n) is 6.68. The maximum Gasteiger partial charge on any atom is 0.303 e. The molecule has 1 aliphatic carbocycles. The maximum absolute atomic E-state index is 11.0. The first-order valence-corrected chi connectivity index (χ1v) is 6.68. The summed E-state index contributed by atoms with van der Waals surface area (Å²) in [7, 11) is 1.61. The molecule has 0 aliphatic heterocycles. The Morgan fingerprint density at radius 2 is 2.21 bits per heavy atom. The molecule has 1 N–H and O–H groups in total. The number of aliphatic carboxylic acids is 1. The SMILES string of the molecule is CCOc1cc(OC)ccc1C(CC(=O)O)C1CC1. The van der Waals surface area contributed by atoms with E-state index in [1.807, 2.05) is 25.1 Å². The minimum atomic E-state index is -0.754. The van der Waals surface area contributed by atoms with E-state index in [0.29, 0.717) is 12.5 Å². The molecule has 1 fully saturated rings. The van der Waals surface area contributed by atoms with Crippen molar-refractivity contribution < 1.29 is 19.4 Å². The van der Waals surface area contributed by atoms with Gasteiger partial charge in [0, 0.05) is 12.0 Å². The third-order valence-electron chi connectivity index (χ3n) is 3.51. The number of ether oxygens (including phenoxy) is 2. The Balaban J connectivity index is 2.31. The van der Waals surface area contributed by atoms with Crippen molar-refractivity contribution in [2.45, 2.75) is 32.1 Å². The molecule has 0 bridgehead atoms. The summed E-state index contributed by atoms with van der Waals surface area (Å²) < 4.78 is 10.8. The summed E-state index contributed by atoms with van der Waals surface area (Å²) in [6.45, 7) is 2.48. The number of rotatable bonds is 7. The Morgan fingerprint density at radius 3 is 2.74 bits per heavy atom. The van der Waals surface area contributed by atoms with E-state index < -0.39 is 5.97 Å². The first-order chi connectivity index (χ1) is 9.15. The van der Waals surface area contributed by atoms with Gasteiger partial charge in [0.2, 0.25) is 0 Å². The predicted octanol–water partition coefficient (Wildman–Crippen LogP) is 3.06. The highest BCUT2D eigenvalue weighted by molar-refractivity contribution is 5.68. The number of carboxylic acids is 1. The molecule has 1 aromatic rings. The van der Waals surface area contributed by atoms with Crippen molar-refractivity contribution in [3.63, 3.8) is 0 Å². The molecule has 1 saturated carbocycles. The van der Waals surface area contributed by atoms with Crippen LogP contribution in [0.5, 0.6) is 11.5 Å². The lowest BCUT2D eigenvalue weighted by Gasteiger charge is -2.19. The number of hydrogen-bond acceptors (Lipinski definition) is 3. The predicted molar refractivity (Wildman–Crippen MR) is 71.9 cm³/mol. The molecule has 4 nitrogen and oxygen atoms in total. The van der Waals surface area contributed by atoms with E-state index in [4.69, 9.17) is 14.6 Å². The molecule has 0 saturated heterocycles. The lowest BCUT2D eigenvalue weighted by atomic mass is 9.90. The summed E-state index contributed by atoms with van der Waals surface area (Å²) in [6, 6.07) is 5.65. The van der Waals surface area contributed by atoms with Crippen molar-refractivity contribution in [3.8, 4) is 11.5 Å². The zero-order chi connectivity index (χ0) is 13.8. The van der Waals surface area contributed by atoms with Crippen LogP contribution in [0.3, 0.4) is 0 Å². The Labute approximate surface area is 113 Å². The van der Waals surface area contributed by atoms with Crippen LogP contribution in [-0.4, -0.2) is 24.8 Å². The van der Waals surface area contributed by atoms with Gasteiger partial charge in [0.25, 0.3) is 0 Å². The number of carbonyl (C=O) groups is 1. The van der Waals surface area contributed by atoms with E-state index in [1.54, 1.807) is 7.11 Å². The van der Waals surface area contributed by atoms with Gasteiger partial charge in [-0.3, -0.25) is 4.79 Å². The summed E-state index contributed by atoms with van der Waals surface area (Å²) in [5, 5.41) is 9.08. The zero-order valence-electron chi connectivity index (χ0n) is 11.4. The van der Waals surface area contributed by atoms with Crippen molar-refractivity contribution in [3.05, 3.63) is 23.8 Å². The Bertz CT molecular complexity index is 451. The Hall–Kier alpha value is -1.71. The lowest BCUT2D eigenvalue weighted by molar-refractivity contribution is -0.137. The fourth-order valence-corrected chi connectivity index (χ4v) is 2.45. The molecule has 19 heavy (non-hydrogen) atoms. The molecule has 0 spiro atoms. The van der Waals surface area contributed by atoms with Gasteiger partial charge in [-0.2, -0.15) is 0 Å². The molecule has 1 aliphatic rings. The van der Waals surface area contributed by atoms with Gasteiger partial charge >= 0.3 is 5.97 Å². The summed E-state index contributed by atoms with van der Waals surface area (Å²) in [5.74, 6) is 1.25. The standard InChI is InChI=1S/C15H20O4/c1-3-19-14-8-11(18-2)6-7-12(14)13(9-15(16)17)10-4-5-10/h6-8,10,13H,3-5,9H2,1-2H3,(H,16,17). The van der Waals surface area contributed by atoms with Gasteiger partial charge in [0.15, 0.2) is 0 Å². The van der Waals surface area contributed by atoms with Crippen LogP contribution >= 0.6 is 0 Å². The zero-order valence-corrected chi connectivity index (χ0v) is 11.4. The van der Waals surface area contributed by atoms with Crippen LogP contribution in [0.25, 0.3) is 0 Å². The van der Waals surface area contributed by atoms with Crippen molar-refractivity contribution in [1.82, 2.24) is 0 Å². The van der Waals surface area contributed by atoms with E-state index in [9.17, 15) is 4.79 Å². The van der Waals surface area contributed by atoms with Crippen LogP contribution in [-0.2, 0) is 4.79 Å². The molecular weight excluding hydrogens is 244 g/mol. The molecule has 2 rings (SSSR count). The molecule has 1 aromatic carbocycles. The summed E-state index contributed by atoms with van der Waals surface area (Å²) in [6.07, 6.45) is 2.38. The van der Waals surface area contributed by atoms with Crippen LogP contribution < -0.4 is 9.47 Å². The van der Waals surface area contributed by atoms with Gasteiger partial charge in [-0.25, -0.2) is 0 Å². The van der Waals surface area contributed by atoms with E-state index >= 15 is 0 Å².